The fourth-order valence-corrected chi connectivity index (χ4v) is 6.37. The molecule has 3 aliphatic heterocycles. The second kappa shape index (κ2) is 9.01. The Morgan fingerprint density at radius 1 is 1.05 bits per heavy atom. The van der Waals surface area contributed by atoms with Gasteiger partial charge >= 0.3 is 5.97 Å². The Morgan fingerprint density at radius 2 is 1.79 bits per heavy atom. The highest BCUT2D eigenvalue weighted by atomic mass is 16.4. The van der Waals surface area contributed by atoms with Gasteiger partial charge in [0, 0.05) is 35.1 Å². The minimum absolute atomic E-state index is 0.215. The number of H-pyrrole nitrogens is 1. The van der Waals surface area contributed by atoms with E-state index in [-0.39, 0.29) is 11.8 Å². The van der Waals surface area contributed by atoms with Gasteiger partial charge in [-0.15, -0.1) is 0 Å². The second-order valence-electron chi connectivity index (χ2n) is 10.7. The van der Waals surface area contributed by atoms with Gasteiger partial charge in [0.1, 0.15) is 18.1 Å². The number of amides is 3. The maximum atomic E-state index is 14.0. The molecule has 1 fully saturated rings. The summed E-state index contributed by atoms with van der Waals surface area (Å²) in [5.74, 6) is -2.32. The van der Waals surface area contributed by atoms with Crippen molar-refractivity contribution in [1.29, 1.82) is 0 Å². The summed E-state index contributed by atoms with van der Waals surface area (Å²) < 4.78 is 0. The molecule has 6 rings (SSSR count). The molecule has 0 radical (unpaired) electrons. The summed E-state index contributed by atoms with van der Waals surface area (Å²) in [6.45, 7) is 4.00. The third-order valence-corrected chi connectivity index (χ3v) is 8.21. The molecule has 3 N–H and O–H groups in total. The molecule has 4 atom stereocenters. The van der Waals surface area contributed by atoms with Crippen LogP contribution in [0, 0.1) is 5.92 Å². The number of carboxylic acids is 1. The van der Waals surface area contributed by atoms with Crippen molar-refractivity contribution < 1.29 is 24.3 Å². The summed E-state index contributed by atoms with van der Waals surface area (Å²) >= 11 is 0. The van der Waals surface area contributed by atoms with Crippen molar-refractivity contribution in [3.63, 3.8) is 0 Å². The quantitative estimate of drug-likeness (QED) is 0.483. The molecule has 3 aliphatic rings. The number of hydrogen-bond acceptors (Lipinski definition) is 4. The summed E-state index contributed by atoms with van der Waals surface area (Å²) in [4.78, 5) is 59.3. The van der Waals surface area contributed by atoms with Crippen LogP contribution >= 0.6 is 0 Å². The lowest BCUT2D eigenvalue weighted by Crippen LogP contribution is -2.59. The number of carbonyl (C=O) groups is 4. The maximum absolute atomic E-state index is 14.0. The number of rotatable bonds is 5. The van der Waals surface area contributed by atoms with Gasteiger partial charge < -0.3 is 25.2 Å². The molecule has 0 bridgehead atoms. The summed E-state index contributed by atoms with van der Waals surface area (Å²) in [7, 11) is 0. The number of hydrogen-bond donors (Lipinski definition) is 3. The standard InChI is InChI=1S/C29H30N4O5/c1-15(2)23(28(36)32-13-7-12-21(32)29(37)38)31-26(34)22-14-19-16-8-5-6-11-20(16)30-24(19)25-17-9-3-4-10-18(17)27(35)33(22)25/h3-6,8-11,15,21-23,25,30H,7,12-14H2,1-2H3,(H,31,34)(H,37,38)/t21-,22-,23-,25-/m0/s1. The number of aromatic amines is 1. The number of nitrogens with one attached hydrogen (secondary N) is 2. The van der Waals surface area contributed by atoms with Crippen LogP contribution in [0.3, 0.4) is 0 Å². The largest absolute Gasteiger partial charge is 0.480 e. The summed E-state index contributed by atoms with van der Waals surface area (Å²) in [6, 6.07) is 12.3. The molecule has 0 saturated carbocycles. The second-order valence-corrected chi connectivity index (χ2v) is 10.7. The first-order valence-corrected chi connectivity index (χ1v) is 13.1. The van der Waals surface area contributed by atoms with Crippen LogP contribution in [-0.2, 0) is 20.8 Å². The number of benzene rings is 2. The molecule has 0 aliphatic carbocycles. The summed E-state index contributed by atoms with van der Waals surface area (Å²) in [5.41, 5.74) is 4.26. The number of nitrogens with zero attached hydrogens (tertiary/aromatic N) is 2. The first kappa shape index (κ1) is 24.2. The number of para-hydroxylation sites is 1. The molecule has 1 aromatic heterocycles. The Balaban J connectivity index is 1.37. The average molecular weight is 515 g/mol. The molecular formula is C29H30N4O5. The van der Waals surface area contributed by atoms with Crippen molar-refractivity contribution in [2.24, 2.45) is 5.92 Å². The fourth-order valence-electron chi connectivity index (χ4n) is 6.37. The Labute approximate surface area is 219 Å². The number of aromatic nitrogens is 1. The lowest BCUT2D eigenvalue weighted by molar-refractivity contribution is -0.150. The van der Waals surface area contributed by atoms with E-state index in [1.54, 1.807) is 11.0 Å². The van der Waals surface area contributed by atoms with Gasteiger partial charge in [0.05, 0.1) is 6.04 Å². The monoisotopic (exact) mass is 514 g/mol. The van der Waals surface area contributed by atoms with Crippen molar-refractivity contribution in [3.8, 4) is 0 Å². The number of fused-ring (bicyclic) bond motifs is 7. The lowest BCUT2D eigenvalue weighted by Gasteiger charge is -2.38. The Bertz CT molecular complexity index is 1480. The molecule has 9 heteroatoms. The molecule has 2 aromatic carbocycles. The Hall–Kier alpha value is -4.14. The SMILES string of the molecule is CC(C)[C@H](NC(=O)[C@@H]1Cc2c([nH]c3ccccc23)[C@@H]2c3ccccc3C(=O)N21)C(=O)N1CCC[C@H]1C(=O)O. The minimum Gasteiger partial charge on any atom is -0.480 e. The summed E-state index contributed by atoms with van der Waals surface area (Å²) in [5, 5.41) is 13.5. The van der Waals surface area contributed by atoms with Crippen LogP contribution in [0.4, 0.5) is 0 Å². The third kappa shape index (κ3) is 3.60. The highest BCUT2D eigenvalue weighted by molar-refractivity contribution is 6.04. The van der Waals surface area contributed by atoms with Gasteiger partial charge in [0.25, 0.3) is 5.91 Å². The molecular weight excluding hydrogens is 484 g/mol. The Morgan fingerprint density at radius 3 is 2.55 bits per heavy atom. The van der Waals surface area contributed by atoms with Crippen molar-refractivity contribution in [1.82, 2.24) is 20.1 Å². The van der Waals surface area contributed by atoms with E-state index in [0.717, 1.165) is 27.7 Å². The molecule has 0 spiro atoms. The molecule has 3 aromatic rings. The molecule has 196 valence electrons. The molecule has 38 heavy (non-hydrogen) atoms. The first-order valence-electron chi connectivity index (χ1n) is 13.1. The van der Waals surface area contributed by atoms with E-state index in [2.05, 4.69) is 10.3 Å². The maximum Gasteiger partial charge on any atom is 0.326 e. The molecule has 9 nitrogen and oxygen atoms in total. The number of likely N-dealkylation sites (tertiary alicyclic amines) is 1. The van der Waals surface area contributed by atoms with E-state index in [1.165, 1.54) is 4.90 Å². The van der Waals surface area contributed by atoms with E-state index in [4.69, 9.17) is 0 Å². The van der Waals surface area contributed by atoms with Gasteiger partial charge in [-0.1, -0.05) is 50.2 Å². The predicted octanol–water partition coefficient (Wildman–Crippen LogP) is 2.85. The minimum atomic E-state index is -1.04. The van der Waals surface area contributed by atoms with E-state index in [0.29, 0.717) is 31.4 Å². The predicted molar refractivity (Wildman–Crippen MR) is 139 cm³/mol. The van der Waals surface area contributed by atoms with Crippen molar-refractivity contribution in [2.45, 2.75) is 57.3 Å². The van der Waals surface area contributed by atoms with Crippen LogP contribution in [0.1, 0.15) is 59.9 Å². The first-order chi connectivity index (χ1) is 18.3. The number of carbonyl (C=O) groups excluding carboxylic acids is 3. The zero-order valence-electron chi connectivity index (χ0n) is 21.3. The van der Waals surface area contributed by atoms with E-state index >= 15 is 0 Å². The summed E-state index contributed by atoms with van der Waals surface area (Å²) in [6.07, 6.45) is 1.31. The number of carboxylic acid groups (broad SMARTS) is 1. The van der Waals surface area contributed by atoms with Crippen LogP contribution < -0.4 is 5.32 Å². The zero-order valence-corrected chi connectivity index (χ0v) is 21.3. The van der Waals surface area contributed by atoms with E-state index in [1.807, 2.05) is 56.3 Å². The Kier molecular flexibility index (Phi) is 5.74. The van der Waals surface area contributed by atoms with Crippen LogP contribution in [-0.4, -0.2) is 68.3 Å². The van der Waals surface area contributed by atoms with Crippen molar-refractivity contribution in [3.05, 3.63) is 70.9 Å². The number of aliphatic carboxylic acids is 1. The van der Waals surface area contributed by atoms with Crippen molar-refractivity contribution in [2.75, 3.05) is 6.54 Å². The lowest BCUT2D eigenvalue weighted by atomic mass is 9.89. The van der Waals surface area contributed by atoms with Crippen molar-refractivity contribution >= 4 is 34.6 Å². The molecule has 3 amide bonds. The highest BCUT2D eigenvalue weighted by Gasteiger charge is 2.49. The molecule has 1 saturated heterocycles. The normalized spacial score (nSPS) is 22.8. The van der Waals surface area contributed by atoms with Gasteiger partial charge in [-0.25, -0.2) is 4.79 Å². The van der Waals surface area contributed by atoms with Crippen LogP contribution in [0.2, 0.25) is 0 Å². The fraction of sp³-hybridized carbons (Fsp3) is 0.379. The van der Waals surface area contributed by atoms with Crippen LogP contribution in [0.25, 0.3) is 10.9 Å². The van der Waals surface area contributed by atoms with E-state index in [9.17, 15) is 24.3 Å². The van der Waals surface area contributed by atoms with Gasteiger partial charge in [-0.2, -0.15) is 0 Å². The van der Waals surface area contributed by atoms with Gasteiger partial charge in [0.15, 0.2) is 0 Å². The highest BCUT2D eigenvalue weighted by Crippen LogP contribution is 2.46. The molecule has 0 unspecified atom stereocenters. The van der Waals surface area contributed by atoms with Crippen LogP contribution in [0.5, 0.6) is 0 Å². The zero-order chi connectivity index (χ0) is 26.7. The van der Waals surface area contributed by atoms with Gasteiger partial charge in [-0.3, -0.25) is 14.4 Å². The third-order valence-electron chi connectivity index (χ3n) is 8.21. The van der Waals surface area contributed by atoms with Crippen LogP contribution in [0.15, 0.2) is 48.5 Å². The topological polar surface area (TPSA) is 123 Å². The smallest absolute Gasteiger partial charge is 0.326 e. The molecule has 4 heterocycles. The average Bonchev–Trinajstić information content (AvgIpc) is 3.61. The van der Waals surface area contributed by atoms with E-state index < -0.39 is 42.0 Å². The van der Waals surface area contributed by atoms with Gasteiger partial charge in [-0.05, 0) is 42.0 Å². The van der Waals surface area contributed by atoms with Gasteiger partial charge in [0.2, 0.25) is 11.8 Å².